The maximum Gasteiger partial charge on any atom is 0.264 e. The molecule has 1 nitrogen and oxygen atoms in total. The zero-order chi connectivity index (χ0) is 11.6. The number of rotatable bonds is 3. The van der Waals surface area contributed by atoms with Crippen LogP contribution in [0.2, 0.25) is 0 Å². The van der Waals surface area contributed by atoms with Gasteiger partial charge in [0.1, 0.15) is 5.82 Å². The fraction of sp³-hybridized carbons (Fsp3) is 0.333. The molecular formula is C9H8F5N. The smallest absolute Gasteiger partial charge is 0.264 e. The van der Waals surface area contributed by atoms with Crippen molar-refractivity contribution in [1.82, 2.24) is 0 Å². The molecule has 0 saturated carbocycles. The maximum absolute atomic E-state index is 12.9. The standard InChI is InChI=1S/C9H8F5N/c10-6-1-2-7(11)8(12)5(6)3-9(13,14)4-15/h1-2H,3-4,15H2. The second-order valence-corrected chi connectivity index (χ2v) is 3.06. The van der Waals surface area contributed by atoms with Crippen molar-refractivity contribution in [2.24, 2.45) is 5.73 Å². The van der Waals surface area contributed by atoms with Crippen LogP contribution >= 0.6 is 0 Å². The first-order valence-corrected chi connectivity index (χ1v) is 4.07. The van der Waals surface area contributed by atoms with E-state index in [4.69, 9.17) is 5.73 Å². The fourth-order valence-corrected chi connectivity index (χ4v) is 1.06. The van der Waals surface area contributed by atoms with Gasteiger partial charge in [-0.3, -0.25) is 0 Å². The highest BCUT2D eigenvalue weighted by atomic mass is 19.3. The van der Waals surface area contributed by atoms with Crippen molar-refractivity contribution in [3.8, 4) is 0 Å². The van der Waals surface area contributed by atoms with Gasteiger partial charge in [0.15, 0.2) is 11.6 Å². The van der Waals surface area contributed by atoms with E-state index in [9.17, 15) is 22.0 Å². The monoisotopic (exact) mass is 225 g/mol. The highest BCUT2D eigenvalue weighted by molar-refractivity contribution is 5.22. The molecule has 0 spiro atoms. The van der Waals surface area contributed by atoms with Crippen molar-refractivity contribution in [3.05, 3.63) is 35.1 Å². The number of benzene rings is 1. The van der Waals surface area contributed by atoms with Crippen molar-refractivity contribution in [3.63, 3.8) is 0 Å². The van der Waals surface area contributed by atoms with E-state index in [1.807, 2.05) is 0 Å². The van der Waals surface area contributed by atoms with Gasteiger partial charge in [0, 0.05) is 12.0 Å². The van der Waals surface area contributed by atoms with E-state index in [2.05, 4.69) is 0 Å². The molecule has 1 rings (SSSR count). The molecule has 0 aliphatic heterocycles. The summed E-state index contributed by atoms with van der Waals surface area (Å²) in [6.45, 7) is -1.05. The normalized spacial score (nSPS) is 11.9. The summed E-state index contributed by atoms with van der Waals surface area (Å²) in [5, 5.41) is 0. The molecule has 6 heteroatoms. The molecule has 84 valence electrons. The molecule has 0 radical (unpaired) electrons. The third kappa shape index (κ3) is 2.65. The predicted octanol–water partition coefficient (Wildman–Crippen LogP) is 2.24. The van der Waals surface area contributed by atoms with Crippen LogP contribution < -0.4 is 5.73 Å². The van der Waals surface area contributed by atoms with Crippen LogP contribution in [0.1, 0.15) is 5.56 Å². The molecule has 0 aliphatic rings. The van der Waals surface area contributed by atoms with E-state index in [0.717, 1.165) is 0 Å². The quantitative estimate of drug-likeness (QED) is 0.619. The van der Waals surface area contributed by atoms with E-state index in [-0.39, 0.29) is 0 Å². The first-order chi connectivity index (χ1) is 6.87. The van der Waals surface area contributed by atoms with Crippen molar-refractivity contribution in [2.45, 2.75) is 12.3 Å². The summed E-state index contributed by atoms with van der Waals surface area (Å²) in [6, 6.07) is 1.13. The molecule has 2 N–H and O–H groups in total. The minimum absolute atomic E-state index is 0.536. The first kappa shape index (κ1) is 11.9. The molecule has 0 bridgehead atoms. The van der Waals surface area contributed by atoms with Crippen molar-refractivity contribution in [2.75, 3.05) is 6.54 Å². The predicted molar refractivity (Wildman–Crippen MR) is 44.0 cm³/mol. The molecule has 15 heavy (non-hydrogen) atoms. The lowest BCUT2D eigenvalue weighted by Gasteiger charge is -2.14. The van der Waals surface area contributed by atoms with E-state index in [1.165, 1.54) is 0 Å². The Morgan fingerprint density at radius 3 is 2.13 bits per heavy atom. The Balaban J connectivity index is 3.09. The largest absolute Gasteiger partial charge is 0.325 e. The highest BCUT2D eigenvalue weighted by Crippen LogP contribution is 2.24. The molecular weight excluding hydrogens is 217 g/mol. The van der Waals surface area contributed by atoms with Gasteiger partial charge in [-0.1, -0.05) is 0 Å². The second kappa shape index (κ2) is 4.14. The number of alkyl halides is 2. The minimum atomic E-state index is -3.45. The van der Waals surface area contributed by atoms with Crippen LogP contribution in [0.5, 0.6) is 0 Å². The van der Waals surface area contributed by atoms with Gasteiger partial charge in [0.25, 0.3) is 5.92 Å². The zero-order valence-electron chi connectivity index (χ0n) is 7.54. The Hall–Kier alpha value is -1.17. The molecule has 0 atom stereocenters. The van der Waals surface area contributed by atoms with Gasteiger partial charge in [-0.25, -0.2) is 22.0 Å². The average Bonchev–Trinajstić information content (AvgIpc) is 2.19. The third-order valence-electron chi connectivity index (χ3n) is 1.87. The SMILES string of the molecule is NCC(F)(F)Cc1c(F)ccc(F)c1F. The van der Waals surface area contributed by atoms with Gasteiger partial charge in [0.05, 0.1) is 6.54 Å². The van der Waals surface area contributed by atoms with Crippen LogP contribution in [0.4, 0.5) is 22.0 Å². The maximum atomic E-state index is 12.9. The van der Waals surface area contributed by atoms with Crippen LogP contribution in [0.15, 0.2) is 12.1 Å². The summed E-state index contributed by atoms with van der Waals surface area (Å²) in [5.41, 5.74) is 3.72. The summed E-state index contributed by atoms with van der Waals surface area (Å²) < 4.78 is 64.0. The molecule has 0 amide bonds. The molecule has 0 aliphatic carbocycles. The molecule has 1 aromatic rings. The van der Waals surface area contributed by atoms with E-state index in [1.54, 1.807) is 0 Å². The summed E-state index contributed by atoms with van der Waals surface area (Å²) in [7, 11) is 0. The van der Waals surface area contributed by atoms with E-state index >= 15 is 0 Å². The number of nitrogens with two attached hydrogens (primary N) is 1. The van der Waals surface area contributed by atoms with Gasteiger partial charge in [-0.2, -0.15) is 0 Å². The lowest BCUT2D eigenvalue weighted by Crippen LogP contribution is -2.31. The van der Waals surface area contributed by atoms with Gasteiger partial charge in [0.2, 0.25) is 0 Å². The Bertz CT molecular complexity index is 364. The number of hydrogen-bond donors (Lipinski definition) is 1. The summed E-state index contributed by atoms with van der Waals surface area (Å²) in [6.07, 6.45) is -1.25. The molecule has 0 heterocycles. The Kier molecular flexibility index (Phi) is 3.28. The summed E-state index contributed by atoms with van der Waals surface area (Å²) in [4.78, 5) is 0. The molecule has 1 aromatic carbocycles. The van der Waals surface area contributed by atoms with E-state index in [0.29, 0.717) is 12.1 Å². The van der Waals surface area contributed by atoms with Crippen molar-refractivity contribution < 1.29 is 22.0 Å². The molecule has 0 aromatic heterocycles. The molecule has 0 fully saturated rings. The Morgan fingerprint density at radius 1 is 1.07 bits per heavy atom. The minimum Gasteiger partial charge on any atom is -0.325 e. The Morgan fingerprint density at radius 2 is 1.60 bits per heavy atom. The lowest BCUT2D eigenvalue weighted by molar-refractivity contribution is 0.00966. The van der Waals surface area contributed by atoms with Crippen LogP contribution in [-0.4, -0.2) is 12.5 Å². The molecule has 0 unspecified atom stereocenters. The van der Waals surface area contributed by atoms with Gasteiger partial charge in [-0.05, 0) is 12.1 Å². The van der Waals surface area contributed by atoms with Crippen LogP contribution in [0.25, 0.3) is 0 Å². The zero-order valence-corrected chi connectivity index (χ0v) is 7.54. The van der Waals surface area contributed by atoms with Crippen LogP contribution in [0.3, 0.4) is 0 Å². The van der Waals surface area contributed by atoms with Crippen molar-refractivity contribution >= 4 is 0 Å². The average molecular weight is 225 g/mol. The Labute approximate surface area is 82.7 Å². The third-order valence-corrected chi connectivity index (χ3v) is 1.87. The van der Waals surface area contributed by atoms with E-state index < -0.39 is 41.9 Å². The van der Waals surface area contributed by atoms with Gasteiger partial charge < -0.3 is 5.73 Å². The summed E-state index contributed by atoms with van der Waals surface area (Å²) >= 11 is 0. The van der Waals surface area contributed by atoms with Crippen LogP contribution in [-0.2, 0) is 6.42 Å². The topological polar surface area (TPSA) is 26.0 Å². The number of halogens is 5. The van der Waals surface area contributed by atoms with Crippen LogP contribution in [0, 0.1) is 17.5 Å². The summed E-state index contributed by atoms with van der Waals surface area (Å²) in [5.74, 6) is -7.61. The molecule has 0 saturated heterocycles. The van der Waals surface area contributed by atoms with Gasteiger partial charge >= 0.3 is 0 Å². The number of hydrogen-bond acceptors (Lipinski definition) is 1. The highest BCUT2D eigenvalue weighted by Gasteiger charge is 2.31. The second-order valence-electron chi connectivity index (χ2n) is 3.06. The lowest BCUT2D eigenvalue weighted by atomic mass is 10.1. The fourth-order valence-electron chi connectivity index (χ4n) is 1.06. The first-order valence-electron chi connectivity index (χ1n) is 4.07. The van der Waals surface area contributed by atoms with Gasteiger partial charge in [-0.15, -0.1) is 0 Å². The van der Waals surface area contributed by atoms with Crippen molar-refractivity contribution in [1.29, 1.82) is 0 Å².